The molecule has 0 aliphatic heterocycles. The van der Waals surface area contributed by atoms with Gasteiger partial charge in [0.25, 0.3) is 0 Å². The fraction of sp³-hybridized carbons (Fsp3) is 0.333. The Morgan fingerprint density at radius 1 is 1.30 bits per heavy atom. The third-order valence-electron chi connectivity index (χ3n) is 3.08. The van der Waals surface area contributed by atoms with Crippen LogP contribution in [0.1, 0.15) is 34.2 Å². The number of aromatic nitrogens is 1. The molecule has 0 aliphatic rings. The van der Waals surface area contributed by atoms with Crippen molar-refractivity contribution in [1.29, 1.82) is 0 Å². The molecule has 0 saturated carbocycles. The molecule has 5 heteroatoms. The van der Waals surface area contributed by atoms with Crippen LogP contribution < -0.4 is 0 Å². The summed E-state index contributed by atoms with van der Waals surface area (Å²) in [6, 6.07) is 3.97. The van der Waals surface area contributed by atoms with E-state index in [1.54, 1.807) is 13.8 Å². The van der Waals surface area contributed by atoms with Gasteiger partial charge in [0.05, 0.1) is 6.61 Å². The molecular weight excluding hydrogens is 322 g/mol. The SMILES string of the molecule is CCOC(=O)c1c(-c2c(C)cc(Br)cc2C)noc1C. The number of aryl methyl sites for hydroxylation is 3. The van der Waals surface area contributed by atoms with Gasteiger partial charge in [0.15, 0.2) is 0 Å². The highest BCUT2D eigenvalue weighted by Crippen LogP contribution is 2.33. The molecule has 0 fully saturated rings. The van der Waals surface area contributed by atoms with E-state index >= 15 is 0 Å². The van der Waals surface area contributed by atoms with Crippen molar-refractivity contribution in [2.75, 3.05) is 6.61 Å². The summed E-state index contributed by atoms with van der Waals surface area (Å²) in [5.41, 5.74) is 3.91. The summed E-state index contributed by atoms with van der Waals surface area (Å²) >= 11 is 3.46. The highest BCUT2D eigenvalue weighted by Gasteiger charge is 2.24. The zero-order chi connectivity index (χ0) is 14.9. The molecule has 0 amide bonds. The Kier molecular flexibility index (Phi) is 4.28. The summed E-state index contributed by atoms with van der Waals surface area (Å²) in [5, 5.41) is 4.05. The number of halogens is 1. The van der Waals surface area contributed by atoms with Gasteiger partial charge >= 0.3 is 5.97 Å². The number of ether oxygens (including phenoxy) is 1. The Morgan fingerprint density at radius 3 is 2.45 bits per heavy atom. The molecule has 2 rings (SSSR count). The van der Waals surface area contributed by atoms with Crippen LogP contribution in [0.25, 0.3) is 11.3 Å². The van der Waals surface area contributed by atoms with Crippen molar-refractivity contribution in [3.63, 3.8) is 0 Å². The highest BCUT2D eigenvalue weighted by molar-refractivity contribution is 9.10. The van der Waals surface area contributed by atoms with Gasteiger partial charge < -0.3 is 9.26 Å². The second kappa shape index (κ2) is 5.79. The first-order valence-corrected chi connectivity index (χ1v) is 7.15. The average Bonchev–Trinajstić information content (AvgIpc) is 2.70. The van der Waals surface area contributed by atoms with Crippen molar-refractivity contribution in [3.8, 4) is 11.3 Å². The van der Waals surface area contributed by atoms with Gasteiger partial charge in [-0.3, -0.25) is 0 Å². The van der Waals surface area contributed by atoms with E-state index in [4.69, 9.17) is 9.26 Å². The van der Waals surface area contributed by atoms with Crippen molar-refractivity contribution >= 4 is 21.9 Å². The van der Waals surface area contributed by atoms with Gasteiger partial charge in [-0.1, -0.05) is 21.1 Å². The van der Waals surface area contributed by atoms with Gasteiger partial charge in [0.2, 0.25) is 0 Å². The average molecular weight is 338 g/mol. The molecule has 20 heavy (non-hydrogen) atoms. The second-order valence-electron chi connectivity index (χ2n) is 4.60. The topological polar surface area (TPSA) is 52.3 Å². The minimum absolute atomic E-state index is 0.321. The first-order valence-electron chi connectivity index (χ1n) is 6.36. The fourth-order valence-electron chi connectivity index (χ4n) is 2.27. The van der Waals surface area contributed by atoms with E-state index in [0.29, 0.717) is 23.6 Å². The van der Waals surface area contributed by atoms with Crippen molar-refractivity contribution < 1.29 is 14.1 Å². The standard InChI is InChI=1S/C15H16BrNO3/c1-5-19-15(18)13-10(4)20-17-14(13)12-8(2)6-11(16)7-9(12)3/h6-7H,5H2,1-4H3. The maximum Gasteiger partial charge on any atom is 0.344 e. The minimum Gasteiger partial charge on any atom is -0.462 e. The number of hydrogen-bond donors (Lipinski definition) is 0. The maximum atomic E-state index is 12.1. The van der Waals surface area contributed by atoms with Gasteiger partial charge in [-0.05, 0) is 51.0 Å². The molecule has 0 unspecified atom stereocenters. The van der Waals surface area contributed by atoms with Crippen LogP contribution in [0.15, 0.2) is 21.1 Å². The van der Waals surface area contributed by atoms with Crippen LogP contribution in [0.4, 0.5) is 0 Å². The summed E-state index contributed by atoms with van der Waals surface area (Å²) in [4.78, 5) is 12.1. The second-order valence-corrected chi connectivity index (χ2v) is 5.51. The Morgan fingerprint density at radius 2 is 1.90 bits per heavy atom. The summed E-state index contributed by atoms with van der Waals surface area (Å²) in [5.74, 6) is 0.0723. The maximum absolute atomic E-state index is 12.1. The predicted octanol–water partition coefficient (Wildman–Crippen LogP) is 4.21. The van der Waals surface area contributed by atoms with E-state index in [9.17, 15) is 4.79 Å². The Labute approximate surface area is 126 Å². The van der Waals surface area contributed by atoms with E-state index in [1.165, 1.54) is 0 Å². The van der Waals surface area contributed by atoms with Crippen LogP contribution in [0.5, 0.6) is 0 Å². The molecule has 0 spiro atoms. The first-order chi connectivity index (χ1) is 9.45. The Balaban J connectivity index is 2.63. The van der Waals surface area contributed by atoms with E-state index < -0.39 is 5.97 Å². The zero-order valence-electron chi connectivity index (χ0n) is 11.9. The molecule has 1 heterocycles. The van der Waals surface area contributed by atoms with Crippen molar-refractivity contribution in [2.24, 2.45) is 0 Å². The minimum atomic E-state index is -0.400. The van der Waals surface area contributed by atoms with E-state index in [0.717, 1.165) is 21.2 Å². The van der Waals surface area contributed by atoms with Crippen molar-refractivity contribution in [1.82, 2.24) is 5.16 Å². The molecule has 0 atom stereocenters. The van der Waals surface area contributed by atoms with E-state index in [1.807, 2.05) is 26.0 Å². The third kappa shape index (κ3) is 2.63. The lowest BCUT2D eigenvalue weighted by Gasteiger charge is -2.09. The lowest BCUT2D eigenvalue weighted by Crippen LogP contribution is -2.07. The van der Waals surface area contributed by atoms with Crippen molar-refractivity contribution in [2.45, 2.75) is 27.7 Å². The summed E-state index contributed by atoms with van der Waals surface area (Å²) < 4.78 is 11.3. The lowest BCUT2D eigenvalue weighted by molar-refractivity contribution is 0.0525. The molecule has 4 nitrogen and oxygen atoms in total. The number of carbonyl (C=O) groups is 1. The van der Waals surface area contributed by atoms with Gasteiger partial charge in [0.1, 0.15) is 17.0 Å². The molecule has 0 bridgehead atoms. The number of carbonyl (C=O) groups excluding carboxylic acids is 1. The number of rotatable bonds is 3. The number of hydrogen-bond acceptors (Lipinski definition) is 4. The van der Waals surface area contributed by atoms with E-state index in [2.05, 4.69) is 21.1 Å². The van der Waals surface area contributed by atoms with E-state index in [-0.39, 0.29) is 0 Å². The van der Waals surface area contributed by atoms with Crippen LogP contribution >= 0.6 is 15.9 Å². The molecule has 106 valence electrons. The zero-order valence-corrected chi connectivity index (χ0v) is 13.5. The number of nitrogens with zero attached hydrogens (tertiary/aromatic N) is 1. The summed E-state index contributed by atoms with van der Waals surface area (Å²) in [6.07, 6.45) is 0. The lowest BCUT2D eigenvalue weighted by atomic mass is 9.97. The van der Waals surface area contributed by atoms with Crippen LogP contribution in [0, 0.1) is 20.8 Å². The third-order valence-corrected chi connectivity index (χ3v) is 3.53. The monoisotopic (exact) mass is 337 g/mol. The van der Waals surface area contributed by atoms with Crippen LogP contribution in [0.2, 0.25) is 0 Å². The largest absolute Gasteiger partial charge is 0.462 e. The molecule has 0 N–H and O–H groups in total. The highest BCUT2D eigenvalue weighted by atomic mass is 79.9. The predicted molar refractivity (Wildman–Crippen MR) is 79.8 cm³/mol. The van der Waals surface area contributed by atoms with Gasteiger partial charge in [0, 0.05) is 10.0 Å². The van der Waals surface area contributed by atoms with Gasteiger partial charge in [-0.25, -0.2) is 4.79 Å². The Hall–Kier alpha value is -1.62. The molecule has 0 radical (unpaired) electrons. The molecule has 2 aromatic rings. The molecular formula is C15H16BrNO3. The van der Waals surface area contributed by atoms with Gasteiger partial charge in [-0.15, -0.1) is 0 Å². The smallest absolute Gasteiger partial charge is 0.344 e. The van der Waals surface area contributed by atoms with Crippen LogP contribution in [-0.2, 0) is 4.74 Å². The molecule has 0 aliphatic carbocycles. The normalized spacial score (nSPS) is 10.7. The number of benzene rings is 1. The summed E-state index contributed by atoms with van der Waals surface area (Å²) in [6.45, 7) is 7.77. The molecule has 0 saturated heterocycles. The van der Waals surface area contributed by atoms with Crippen LogP contribution in [0.3, 0.4) is 0 Å². The van der Waals surface area contributed by atoms with Crippen molar-refractivity contribution in [3.05, 3.63) is 39.1 Å². The quantitative estimate of drug-likeness (QED) is 0.787. The van der Waals surface area contributed by atoms with Crippen LogP contribution in [-0.4, -0.2) is 17.7 Å². The summed E-state index contributed by atoms with van der Waals surface area (Å²) in [7, 11) is 0. The van der Waals surface area contributed by atoms with Gasteiger partial charge in [-0.2, -0.15) is 0 Å². The first kappa shape index (κ1) is 14.8. The molecule has 1 aromatic carbocycles. The number of esters is 1. The Bertz CT molecular complexity index is 638. The fourth-order valence-corrected chi connectivity index (χ4v) is 2.96. The molecule has 1 aromatic heterocycles.